The number of carbonyl (C=O) groups excluding carboxylic acids is 1. The van der Waals surface area contributed by atoms with Crippen molar-refractivity contribution in [3.63, 3.8) is 0 Å². The summed E-state index contributed by atoms with van der Waals surface area (Å²) in [5.74, 6) is 0.315. The van der Waals surface area contributed by atoms with Gasteiger partial charge < -0.3 is 15.8 Å². The van der Waals surface area contributed by atoms with Gasteiger partial charge in [-0.15, -0.1) is 0 Å². The van der Waals surface area contributed by atoms with Crippen molar-refractivity contribution in [3.05, 3.63) is 29.6 Å². The monoisotopic (exact) mass is 294 g/mol. The fourth-order valence-corrected chi connectivity index (χ4v) is 2.99. The summed E-state index contributed by atoms with van der Waals surface area (Å²) in [7, 11) is 1.46. The molecule has 2 unspecified atom stereocenters. The number of benzene rings is 1. The largest absolute Gasteiger partial charge is 0.497 e. The Kier molecular flexibility index (Phi) is 5.56. The number of halogens is 1. The highest BCUT2D eigenvalue weighted by atomic mass is 19.1. The first-order valence-electron chi connectivity index (χ1n) is 7.47. The second kappa shape index (κ2) is 7.41. The Balaban J connectivity index is 1.95. The molecule has 3 N–H and O–H groups in total. The Hall–Kier alpha value is -1.62. The molecule has 1 aromatic rings. The van der Waals surface area contributed by atoms with Crippen LogP contribution in [-0.4, -0.2) is 26.1 Å². The summed E-state index contributed by atoms with van der Waals surface area (Å²) in [4.78, 5) is 12.1. The second-order valence-corrected chi connectivity index (χ2v) is 5.60. The molecule has 5 heteroatoms. The van der Waals surface area contributed by atoms with Crippen molar-refractivity contribution >= 4 is 5.91 Å². The first-order valence-corrected chi connectivity index (χ1v) is 7.47. The smallest absolute Gasteiger partial charge is 0.254 e. The fourth-order valence-electron chi connectivity index (χ4n) is 2.99. The number of rotatable bonds is 5. The van der Waals surface area contributed by atoms with Gasteiger partial charge in [-0.1, -0.05) is 12.8 Å². The summed E-state index contributed by atoms with van der Waals surface area (Å²) in [6.45, 7) is 1.21. The van der Waals surface area contributed by atoms with Gasteiger partial charge in [-0.2, -0.15) is 0 Å². The molecule has 1 fully saturated rings. The molecule has 0 aliphatic heterocycles. The van der Waals surface area contributed by atoms with Crippen LogP contribution in [0.5, 0.6) is 5.75 Å². The average molecular weight is 294 g/mol. The van der Waals surface area contributed by atoms with Gasteiger partial charge in [0.1, 0.15) is 11.6 Å². The molecular weight excluding hydrogens is 271 g/mol. The molecule has 116 valence electrons. The third-order valence-electron chi connectivity index (χ3n) is 4.31. The van der Waals surface area contributed by atoms with E-state index in [0.29, 0.717) is 30.7 Å². The van der Waals surface area contributed by atoms with Crippen molar-refractivity contribution in [2.45, 2.75) is 25.7 Å². The normalized spacial score (nSPS) is 21.9. The second-order valence-electron chi connectivity index (χ2n) is 5.60. The van der Waals surface area contributed by atoms with Crippen molar-refractivity contribution in [2.24, 2.45) is 17.6 Å². The Bertz CT molecular complexity index is 493. The maximum Gasteiger partial charge on any atom is 0.254 e. The van der Waals surface area contributed by atoms with Gasteiger partial charge in [0, 0.05) is 12.6 Å². The van der Waals surface area contributed by atoms with Gasteiger partial charge in [0.2, 0.25) is 0 Å². The molecule has 2 atom stereocenters. The average Bonchev–Trinajstić information content (AvgIpc) is 2.52. The Morgan fingerprint density at radius 3 is 2.71 bits per heavy atom. The molecule has 0 heterocycles. The van der Waals surface area contributed by atoms with Gasteiger partial charge in [0.15, 0.2) is 0 Å². The third-order valence-corrected chi connectivity index (χ3v) is 4.31. The van der Waals surface area contributed by atoms with Crippen molar-refractivity contribution in [1.29, 1.82) is 0 Å². The van der Waals surface area contributed by atoms with Crippen LogP contribution < -0.4 is 15.8 Å². The van der Waals surface area contributed by atoms with Crippen LogP contribution in [0.1, 0.15) is 36.0 Å². The van der Waals surface area contributed by atoms with Crippen LogP contribution in [0.3, 0.4) is 0 Å². The Labute approximate surface area is 124 Å². The fraction of sp³-hybridized carbons (Fsp3) is 0.562. The summed E-state index contributed by atoms with van der Waals surface area (Å²) < 4.78 is 18.8. The SMILES string of the molecule is COc1ccc(C(=O)NCC2CCCCC2CN)c(F)c1. The molecule has 4 nitrogen and oxygen atoms in total. The number of nitrogens with one attached hydrogen (secondary N) is 1. The lowest BCUT2D eigenvalue weighted by atomic mass is 9.79. The molecule has 0 radical (unpaired) electrons. The molecule has 2 rings (SSSR count). The summed E-state index contributed by atoms with van der Waals surface area (Å²) >= 11 is 0. The van der Waals surface area contributed by atoms with Crippen LogP contribution in [0.15, 0.2) is 18.2 Å². The van der Waals surface area contributed by atoms with E-state index in [1.165, 1.54) is 32.1 Å². The van der Waals surface area contributed by atoms with E-state index in [9.17, 15) is 9.18 Å². The predicted octanol–water partition coefficient (Wildman–Crippen LogP) is 2.33. The lowest BCUT2D eigenvalue weighted by molar-refractivity contribution is 0.0931. The minimum atomic E-state index is -0.564. The number of amides is 1. The number of nitrogens with two attached hydrogens (primary N) is 1. The molecule has 1 aliphatic rings. The highest BCUT2D eigenvalue weighted by Crippen LogP contribution is 2.28. The molecule has 21 heavy (non-hydrogen) atoms. The van der Waals surface area contributed by atoms with Crippen molar-refractivity contribution in [3.8, 4) is 5.75 Å². The van der Waals surface area contributed by atoms with Gasteiger partial charge in [0.25, 0.3) is 5.91 Å². The molecule has 1 aliphatic carbocycles. The van der Waals surface area contributed by atoms with Crippen LogP contribution in [-0.2, 0) is 0 Å². The van der Waals surface area contributed by atoms with E-state index in [-0.39, 0.29) is 11.5 Å². The van der Waals surface area contributed by atoms with Crippen LogP contribution >= 0.6 is 0 Å². The zero-order valence-electron chi connectivity index (χ0n) is 12.4. The summed E-state index contributed by atoms with van der Waals surface area (Å²) in [6, 6.07) is 4.25. The van der Waals surface area contributed by atoms with E-state index in [2.05, 4.69) is 5.32 Å². The number of carbonyl (C=O) groups is 1. The molecule has 0 bridgehead atoms. The van der Waals surface area contributed by atoms with Crippen molar-refractivity contribution in [2.75, 3.05) is 20.2 Å². The molecule has 0 aromatic heterocycles. The molecule has 0 saturated heterocycles. The van der Waals surface area contributed by atoms with Crippen LogP contribution in [0.2, 0.25) is 0 Å². The summed E-state index contributed by atoms with van der Waals surface area (Å²) in [5.41, 5.74) is 5.83. The van der Waals surface area contributed by atoms with Crippen LogP contribution in [0.25, 0.3) is 0 Å². The quantitative estimate of drug-likeness (QED) is 0.876. The maximum absolute atomic E-state index is 13.8. The summed E-state index contributed by atoms with van der Waals surface area (Å²) in [5, 5.41) is 2.84. The standard InChI is InChI=1S/C16H23FN2O2/c1-21-13-6-7-14(15(17)8-13)16(20)19-10-12-5-3-2-4-11(12)9-18/h6-8,11-12H,2-5,9-10,18H2,1H3,(H,19,20). The zero-order chi connectivity index (χ0) is 15.2. The number of ether oxygens (including phenoxy) is 1. The zero-order valence-corrected chi connectivity index (χ0v) is 12.4. The molecular formula is C16H23FN2O2. The predicted molar refractivity (Wildman–Crippen MR) is 79.8 cm³/mol. The Morgan fingerprint density at radius 2 is 2.10 bits per heavy atom. The minimum absolute atomic E-state index is 0.0518. The topological polar surface area (TPSA) is 64.3 Å². The van der Waals surface area contributed by atoms with Crippen LogP contribution in [0, 0.1) is 17.7 Å². The van der Waals surface area contributed by atoms with Gasteiger partial charge >= 0.3 is 0 Å². The van der Waals surface area contributed by atoms with Crippen molar-refractivity contribution < 1.29 is 13.9 Å². The van der Waals surface area contributed by atoms with Gasteiger partial charge in [-0.25, -0.2) is 4.39 Å². The molecule has 1 saturated carbocycles. The van der Waals surface area contributed by atoms with E-state index in [4.69, 9.17) is 10.5 Å². The van der Waals surface area contributed by atoms with E-state index in [0.717, 1.165) is 12.8 Å². The highest BCUT2D eigenvalue weighted by Gasteiger charge is 2.24. The van der Waals surface area contributed by atoms with Gasteiger partial charge in [-0.05, 0) is 43.4 Å². The number of hydrogen-bond acceptors (Lipinski definition) is 3. The highest BCUT2D eigenvalue weighted by molar-refractivity contribution is 5.94. The van der Waals surface area contributed by atoms with Gasteiger partial charge in [0.05, 0.1) is 12.7 Å². The maximum atomic E-state index is 13.8. The molecule has 1 amide bonds. The Morgan fingerprint density at radius 1 is 1.38 bits per heavy atom. The third kappa shape index (κ3) is 3.94. The van der Waals surface area contributed by atoms with Gasteiger partial charge in [-0.3, -0.25) is 4.79 Å². The van der Waals surface area contributed by atoms with E-state index in [1.54, 1.807) is 6.07 Å². The first kappa shape index (κ1) is 15.8. The number of hydrogen-bond donors (Lipinski definition) is 2. The molecule has 1 aromatic carbocycles. The van der Waals surface area contributed by atoms with E-state index < -0.39 is 5.82 Å². The lowest BCUT2D eigenvalue weighted by Gasteiger charge is -2.30. The van der Waals surface area contributed by atoms with E-state index in [1.807, 2.05) is 0 Å². The number of methoxy groups -OCH3 is 1. The van der Waals surface area contributed by atoms with E-state index >= 15 is 0 Å². The van der Waals surface area contributed by atoms with Crippen molar-refractivity contribution in [1.82, 2.24) is 5.32 Å². The first-order chi connectivity index (χ1) is 10.2. The lowest BCUT2D eigenvalue weighted by Crippen LogP contribution is -2.37. The summed E-state index contributed by atoms with van der Waals surface area (Å²) in [6.07, 6.45) is 4.58. The minimum Gasteiger partial charge on any atom is -0.497 e. The van der Waals surface area contributed by atoms with Crippen LogP contribution in [0.4, 0.5) is 4.39 Å². The molecule has 0 spiro atoms.